The fourth-order valence-corrected chi connectivity index (χ4v) is 1.71. The monoisotopic (exact) mass is 300 g/mol. The van der Waals surface area contributed by atoms with Gasteiger partial charge in [-0.15, -0.1) is 0 Å². The minimum atomic E-state index is -0.505. The number of hydrogen-bond acceptors (Lipinski definition) is 6. The van der Waals surface area contributed by atoms with E-state index < -0.39 is 4.92 Å². The van der Waals surface area contributed by atoms with E-state index in [1.165, 1.54) is 6.07 Å². The number of alkyl halides is 1. The lowest BCUT2D eigenvalue weighted by molar-refractivity contribution is -0.383. The van der Waals surface area contributed by atoms with Gasteiger partial charge in [-0.1, -0.05) is 15.9 Å². The smallest absolute Gasteiger partial charge is 0.300 e. The molecule has 7 nitrogen and oxygen atoms in total. The van der Waals surface area contributed by atoms with E-state index in [0.717, 1.165) is 18.3 Å². The van der Waals surface area contributed by atoms with Crippen molar-refractivity contribution < 1.29 is 9.55 Å². The maximum absolute atomic E-state index is 10.8. The molecule has 0 unspecified atom stereocenters. The van der Waals surface area contributed by atoms with Crippen molar-refractivity contribution in [1.29, 1.82) is 0 Å². The van der Waals surface area contributed by atoms with Crippen LogP contribution in [-0.4, -0.2) is 27.1 Å². The van der Waals surface area contributed by atoms with Crippen molar-refractivity contribution in [1.82, 2.24) is 10.3 Å². The molecule has 0 atom stereocenters. The van der Waals surface area contributed by atoms with Crippen LogP contribution in [0.5, 0.6) is 0 Å². The summed E-state index contributed by atoms with van der Waals surface area (Å²) in [6, 6.07) is 3.00. The van der Waals surface area contributed by atoms with E-state index in [0.29, 0.717) is 11.2 Å². The van der Waals surface area contributed by atoms with Crippen LogP contribution < -0.4 is 5.32 Å². The predicted molar refractivity (Wildman–Crippen MR) is 65.4 cm³/mol. The molecule has 17 heavy (non-hydrogen) atoms. The lowest BCUT2D eigenvalue weighted by Gasteiger charge is -2.04. The second-order valence-electron chi connectivity index (χ2n) is 3.32. The SMILES string of the molecule is O=[N+]([O-])c1ccc(NCCCBr)c2nonc12. The zero-order valence-corrected chi connectivity index (χ0v) is 10.3. The number of nitrogens with zero attached hydrogens (tertiary/aromatic N) is 3. The van der Waals surface area contributed by atoms with Gasteiger partial charge in [-0.25, -0.2) is 4.63 Å². The van der Waals surface area contributed by atoms with E-state index in [2.05, 4.69) is 36.2 Å². The summed E-state index contributed by atoms with van der Waals surface area (Å²) in [6.45, 7) is 0.741. The topological polar surface area (TPSA) is 94.1 Å². The second-order valence-corrected chi connectivity index (χ2v) is 4.11. The maximum Gasteiger partial charge on any atom is 0.300 e. The average molecular weight is 301 g/mol. The van der Waals surface area contributed by atoms with Gasteiger partial charge in [-0.2, -0.15) is 0 Å². The van der Waals surface area contributed by atoms with Crippen LogP contribution >= 0.6 is 15.9 Å². The molecule has 0 radical (unpaired) electrons. The van der Waals surface area contributed by atoms with Crippen LogP contribution in [-0.2, 0) is 0 Å². The standard InChI is InChI=1S/C9H9BrN4O3/c10-4-1-5-11-6-2-3-7(14(15)16)9-8(6)12-17-13-9/h2-3,11H,1,4-5H2. The molecular weight excluding hydrogens is 292 g/mol. The Balaban J connectivity index is 2.36. The number of rotatable bonds is 5. The van der Waals surface area contributed by atoms with E-state index >= 15 is 0 Å². The van der Waals surface area contributed by atoms with Gasteiger partial charge >= 0.3 is 5.69 Å². The lowest BCUT2D eigenvalue weighted by atomic mass is 10.2. The van der Waals surface area contributed by atoms with E-state index in [4.69, 9.17) is 0 Å². The van der Waals surface area contributed by atoms with Gasteiger partial charge in [0.15, 0.2) is 5.52 Å². The Morgan fingerprint density at radius 1 is 1.41 bits per heavy atom. The van der Waals surface area contributed by atoms with Crippen LogP contribution in [0.1, 0.15) is 6.42 Å². The molecule has 0 aliphatic carbocycles. The molecule has 0 aliphatic heterocycles. The van der Waals surface area contributed by atoms with Crippen LogP contribution in [0.3, 0.4) is 0 Å². The quantitative estimate of drug-likeness (QED) is 0.394. The number of fused-ring (bicyclic) bond motifs is 1. The molecule has 1 heterocycles. The van der Waals surface area contributed by atoms with Crippen LogP contribution in [0.2, 0.25) is 0 Å². The van der Waals surface area contributed by atoms with Crippen LogP contribution in [0.25, 0.3) is 11.0 Å². The van der Waals surface area contributed by atoms with Gasteiger partial charge < -0.3 is 5.32 Å². The van der Waals surface area contributed by atoms with E-state index in [1.807, 2.05) is 0 Å². The Bertz CT molecular complexity index is 542. The summed E-state index contributed by atoms with van der Waals surface area (Å²) in [5.74, 6) is 0. The molecule has 0 aliphatic rings. The largest absolute Gasteiger partial charge is 0.383 e. The van der Waals surface area contributed by atoms with Crippen molar-refractivity contribution in [2.24, 2.45) is 0 Å². The molecular formula is C9H9BrN4O3. The Morgan fingerprint density at radius 3 is 2.88 bits per heavy atom. The molecule has 0 bridgehead atoms. The third-order valence-corrected chi connectivity index (χ3v) is 2.78. The van der Waals surface area contributed by atoms with Crippen molar-refractivity contribution in [3.8, 4) is 0 Å². The molecule has 0 saturated carbocycles. The van der Waals surface area contributed by atoms with Crippen molar-refractivity contribution in [2.45, 2.75) is 6.42 Å². The molecule has 2 aromatic rings. The van der Waals surface area contributed by atoms with Crippen LogP contribution in [0.15, 0.2) is 16.8 Å². The summed E-state index contributed by atoms with van der Waals surface area (Å²) in [5.41, 5.74) is 1.13. The highest BCUT2D eigenvalue weighted by atomic mass is 79.9. The highest BCUT2D eigenvalue weighted by Crippen LogP contribution is 2.28. The number of aromatic nitrogens is 2. The first-order valence-electron chi connectivity index (χ1n) is 4.93. The fraction of sp³-hybridized carbons (Fsp3) is 0.333. The molecule has 0 fully saturated rings. The maximum atomic E-state index is 10.8. The minimum Gasteiger partial charge on any atom is -0.383 e. The summed E-state index contributed by atoms with van der Waals surface area (Å²) in [4.78, 5) is 10.2. The van der Waals surface area contributed by atoms with E-state index in [-0.39, 0.29) is 11.2 Å². The zero-order chi connectivity index (χ0) is 12.3. The molecule has 0 amide bonds. The number of benzene rings is 1. The summed E-state index contributed by atoms with van der Waals surface area (Å²) in [5, 5.41) is 22.0. The lowest BCUT2D eigenvalue weighted by Crippen LogP contribution is -2.02. The summed E-state index contributed by atoms with van der Waals surface area (Å²) >= 11 is 3.32. The third kappa shape index (κ3) is 2.36. The van der Waals surface area contributed by atoms with Gasteiger partial charge in [0.1, 0.15) is 0 Å². The third-order valence-electron chi connectivity index (χ3n) is 2.22. The van der Waals surface area contributed by atoms with Crippen LogP contribution in [0.4, 0.5) is 11.4 Å². The summed E-state index contributed by atoms with van der Waals surface area (Å²) in [7, 11) is 0. The van der Waals surface area contributed by atoms with Gasteiger partial charge in [-0.05, 0) is 22.8 Å². The highest BCUT2D eigenvalue weighted by molar-refractivity contribution is 9.09. The molecule has 2 rings (SSSR count). The first-order chi connectivity index (χ1) is 8.24. The normalized spacial score (nSPS) is 10.6. The van der Waals surface area contributed by atoms with Crippen molar-refractivity contribution in [3.05, 3.63) is 22.2 Å². The minimum absolute atomic E-state index is 0.104. The number of non-ortho nitro benzene ring substituents is 1. The van der Waals surface area contributed by atoms with Crippen molar-refractivity contribution >= 4 is 38.3 Å². The Hall–Kier alpha value is -1.70. The number of nitro groups is 1. The van der Waals surface area contributed by atoms with Gasteiger partial charge in [-0.3, -0.25) is 10.1 Å². The molecule has 0 saturated heterocycles. The fourth-order valence-electron chi connectivity index (χ4n) is 1.43. The summed E-state index contributed by atoms with van der Waals surface area (Å²) < 4.78 is 4.55. The molecule has 8 heteroatoms. The van der Waals surface area contributed by atoms with Gasteiger partial charge in [0.2, 0.25) is 5.52 Å². The first kappa shape index (κ1) is 11.8. The van der Waals surface area contributed by atoms with Gasteiger partial charge in [0.25, 0.3) is 0 Å². The molecule has 1 aromatic carbocycles. The number of anilines is 1. The number of hydrogen-bond donors (Lipinski definition) is 1. The Morgan fingerprint density at radius 2 is 2.18 bits per heavy atom. The van der Waals surface area contributed by atoms with E-state index in [1.54, 1.807) is 6.07 Å². The number of nitro benzene ring substituents is 1. The average Bonchev–Trinajstić information content (AvgIpc) is 2.78. The highest BCUT2D eigenvalue weighted by Gasteiger charge is 2.19. The second kappa shape index (κ2) is 5.09. The number of halogens is 1. The van der Waals surface area contributed by atoms with Crippen LogP contribution in [0, 0.1) is 10.1 Å². The van der Waals surface area contributed by atoms with E-state index in [9.17, 15) is 10.1 Å². The molecule has 90 valence electrons. The molecule has 1 aromatic heterocycles. The van der Waals surface area contributed by atoms with Crippen molar-refractivity contribution in [2.75, 3.05) is 17.2 Å². The molecule has 0 spiro atoms. The summed E-state index contributed by atoms with van der Waals surface area (Å²) in [6.07, 6.45) is 0.934. The zero-order valence-electron chi connectivity index (χ0n) is 8.72. The Kier molecular flexibility index (Phi) is 3.52. The van der Waals surface area contributed by atoms with Gasteiger partial charge in [0.05, 0.1) is 10.6 Å². The Labute approximate surface area is 104 Å². The number of nitrogens with one attached hydrogen (secondary N) is 1. The predicted octanol–water partition coefficient (Wildman–Crippen LogP) is 2.33. The first-order valence-corrected chi connectivity index (χ1v) is 6.05. The van der Waals surface area contributed by atoms with Gasteiger partial charge in [0, 0.05) is 17.9 Å². The van der Waals surface area contributed by atoms with Crippen molar-refractivity contribution in [3.63, 3.8) is 0 Å². The molecule has 1 N–H and O–H groups in total.